The third kappa shape index (κ3) is 2.98. The second kappa shape index (κ2) is 6.12. The Bertz CT molecular complexity index is 507. The van der Waals surface area contributed by atoms with Crippen LogP contribution in [0.5, 0.6) is 0 Å². The standard InChI is InChI=1S/C15H18FNS/c1-3-12-8-9-15(18-12)14(17-2)10-11-6-4-5-7-13(11)16/h4-9,14,17H,3,10H2,1-2H3. The van der Waals surface area contributed by atoms with Crippen LogP contribution in [0.1, 0.15) is 28.3 Å². The number of rotatable bonds is 5. The van der Waals surface area contributed by atoms with Crippen molar-refractivity contribution in [2.75, 3.05) is 7.05 Å². The summed E-state index contributed by atoms with van der Waals surface area (Å²) >= 11 is 1.81. The Morgan fingerprint density at radius 3 is 2.61 bits per heavy atom. The van der Waals surface area contributed by atoms with Crippen molar-refractivity contribution >= 4 is 11.3 Å². The Kier molecular flexibility index (Phi) is 4.50. The molecule has 2 aromatic rings. The highest BCUT2D eigenvalue weighted by Gasteiger charge is 2.14. The second-order valence-corrected chi connectivity index (χ2v) is 5.49. The monoisotopic (exact) mass is 263 g/mol. The molecular weight excluding hydrogens is 245 g/mol. The van der Waals surface area contributed by atoms with Gasteiger partial charge in [0.25, 0.3) is 0 Å². The van der Waals surface area contributed by atoms with Crippen LogP contribution in [0, 0.1) is 5.82 Å². The van der Waals surface area contributed by atoms with Crippen molar-refractivity contribution in [1.82, 2.24) is 5.32 Å². The van der Waals surface area contributed by atoms with Crippen LogP contribution >= 0.6 is 11.3 Å². The predicted molar refractivity (Wildman–Crippen MR) is 75.6 cm³/mol. The number of hydrogen-bond acceptors (Lipinski definition) is 2. The van der Waals surface area contributed by atoms with Crippen molar-refractivity contribution in [3.8, 4) is 0 Å². The molecule has 0 saturated heterocycles. The summed E-state index contributed by atoms with van der Waals surface area (Å²) in [6.45, 7) is 2.15. The molecule has 96 valence electrons. The maximum absolute atomic E-state index is 13.6. The fraction of sp³-hybridized carbons (Fsp3) is 0.333. The van der Waals surface area contributed by atoms with E-state index in [0.717, 1.165) is 12.0 Å². The maximum Gasteiger partial charge on any atom is 0.126 e. The van der Waals surface area contributed by atoms with Gasteiger partial charge in [-0.25, -0.2) is 4.39 Å². The molecule has 0 spiro atoms. The molecule has 0 radical (unpaired) electrons. The van der Waals surface area contributed by atoms with Gasteiger partial charge < -0.3 is 5.32 Å². The van der Waals surface area contributed by atoms with E-state index in [1.54, 1.807) is 17.4 Å². The topological polar surface area (TPSA) is 12.0 Å². The van der Waals surface area contributed by atoms with Crippen molar-refractivity contribution in [2.45, 2.75) is 25.8 Å². The van der Waals surface area contributed by atoms with E-state index < -0.39 is 0 Å². The molecule has 1 atom stereocenters. The first-order chi connectivity index (χ1) is 8.74. The van der Waals surface area contributed by atoms with E-state index in [0.29, 0.717) is 6.42 Å². The highest BCUT2D eigenvalue weighted by Crippen LogP contribution is 2.26. The Labute approximate surface area is 112 Å². The Balaban J connectivity index is 2.17. The average molecular weight is 263 g/mol. The zero-order chi connectivity index (χ0) is 13.0. The van der Waals surface area contributed by atoms with Crippen LogP contribution in [0.2, 0.25) is 0 Å². The first-order valence-corrected chi connectivity index (χ1v) is 7.05. The Hall–Kier alpha value is -1.19. The van der Waals surface area contributed by atoms with Crippen molar-refractivity contribution in [2.24, 2.45) is 0 Å². The first-order valence-electron chi connectivity index (χ1n) is 6.24. The minimum Gasteiger partial charge on any atom is -0.312 e. The van der Waals surface area contributed by atoms with Crippen molar-refractivity contribution in [1.29, 1.82) is 0 Å². The molecule has 0 fully saturated rings. The van der Waals surface area contributed by atoms with Crippen LogP contribution in [0.25, 0.3) is 0 Å². The van der Waals surface area contributed by atoms with Gasteiger partial charge in [-0.1, -0.05) is 25.1 Å². The van der Waals surface area contributed by atoms with E-state index in [4.69, 9.17) is 0 Å². The van der Waals surface area contributed by atoms with E-state index in [1.165, 1.54) is 15.8 Å². The smallest absolute Gasteiger partial charge is 0.126 e. The number of likely N-dealkylation sites (N-methyl/N-ethyl adjacent to an activating group) is 1. The van der Waals surface area contributed by atoms with Crippen LogP contribution in [0.4, 0.5) is 4.39 Å². The van der Waals surface area contributed by atoms with E-state index in [1.807, 2.05) is 19.2 Å². The fourth-order valence-electron chi connectivity index (χ4n) is 2.00. The summed E-state index contributed by atoms with van der Waals surface area (Å²) in [6.07, 6.45) is 1.74. The quantitative estimate of drug-likeness (QED) is 0.861. The highest BCUT2D eigenvalue weighted by atomic mass is 32.1. The predicted octanol–water partition coefficient (Wildman–Crippen LogP) is 3.95. The molecule has 0 saturated carbocycles. The summed E-state index contributed by atoms with van der Waals surface area (Å²) in [4.78, 5) is 2.65. The average Bonchev–Trinajstić information content (AvgIpc) is 2.86. The van der Waals surface area contributed by atoms with Gasteiger partial charge in [0.1, 0.15) is 5.82 Å². The lowest BCUT2D eigenvalue weighted by Crippen LogP contribution is -2.18. The Morgan fingerprint density at radius 1 is 1.22 bits per heavy atom. The van der Waals surface area contributed by atoms with E-state index in [2.05, 4.69) is 24.4 Å². The van der Waals surface area contributed by atoms with Crippen molar-refractivity contribution in [3.63, 3.8) is 0 Å². The molecule has 0 aliphatic carbocycles. The summed E-state index contributed by atoms with van der Waals surface area (Å²) < 4.78 is 13.6. The van der Waals surface area contributed by atoms with Crippen LogP contribution < -0.4 is 5.32 Å². The van der Waals surface area contributed by atoms with Crippen molar-refractivity contribution in [3.05, 3.63) is 57.5 Å². The van der Waals surface area contributed by atoms with Gasteiger partial charge in [0, 0.05) is 15.8 Å². The molecule has 1 nitrogen and oxygen atoms in total. The summed E-state index contributed by atoms with van der Waals surface area (Å²) in [5.74, 6) is -0.120. The zero-order valence-electron chi connectivity index (χ0n) is 10.7. The molecule has 1 aromatic heterocycles. The van der Waals surface area contributed by atoms with Gasteiger partial charge >= 0.3 is 0 Å². The number of nitrogens with one attached hydrogen (secondary N) is 1. The van der Waals surface area contributed by atoms with Gasteiger partial charge in [0.2, 0.25) is 0 Å². The third-order valence-electron chi connectivity index (χ3n) is 3.10. The van der Waals surface area contributed by atoms with Crippen LogP contribution in [-0.4, -0.2) is 7.05 Å². The second-order valence-electron chi connectivity index (χ2n) is 4.29. The van der Waals surface area contributed by atoms with E-state index in [-0.39, 0.29) is 11.9 Å². The molecule has 0 aliphatic heterocycles. The summed E-state index contributed by atoms with van der Waals surface area (Å²) in [6, 6.07) is 11.5. The van der Waals surface area contributed by atoms with Crippen molar-refractivity contribution < 1.29 is 4.39 Å². The minimum atomic E-state index is -0.120. The van der Waals surface area contributed by atoms with Gasteiger partial charge in [-0.05, 0) is 43.7 Å². The highest BCUT2D eigenvalue weighted by molar-refractivity contribution is 7.12. The van der Waals surface area contributed by atoms with Crippen LogP contribution in [0.15, 0.2) is 36.4 Å². The van der Waals surface area contributed by atoms with Crippen LogP contribution in [0.3, 0.4) is 0 Å². The number of halogens is 1. The fourth-order valence-corrected chi connectivity index (χ4v) is 3.06. The van der Waals surface area contributed by atoms with Gasteiger partial charge in [0.05, 0.1) is 0 Å². The van der Waals surface area contributed by atoms with Gasteiger partial charge in [0.15, 0.2) is 0 Å². The molecule has 18 heavy (non-hydrogen) atoms. The molecule has 0 amide bonds. The third-order valence-corrected chi connectivity index (χ3v) is 4.45. The SMILES string of the molecule is CCc1ccc(C(Cc2ccccc2F)NC)s1. The van der Waals surface area contributed by atoms with Gasteiger partial charge in [-0.15, -0.1) is 11.3 Å². The van der Waals surface area contributed by atoms with Crippen LogP contribution in [-0.2, 0) is 12.8 Å². The summed E-state index contributed by atoms with van der Waals surface area (Å²) in [5, 5.41) is 3.28. The molecule has 0 bridgehead atoms. The molecular formula is C15H18FNS. The molecule has 0 aliphatic rings. The molecule has 1 unspecified atom stereocenters. The molecule has 1 aromatic carbocycles. The minimum absolute atomic E-state index is 0.120. The first kappa shape index (κ1) is 13.2. The molecule has 1 heterocycles. The maximum atomic E-state index is 13.6. The zero-order valence-corrected chi connectivity index (χ0v) is 11.6. The van der Waals surface area contributed by atoms with Gasteiger partial charge in [-0.3, -0.25) is 0 Å². The lowest BCUT2D eigenvalue weighted by molar-refractivity contribution is 0.560. The lowest BCUT2D eigenvalue weighted by atomic mass is 10.0. The largest absolute Gasteiger partial charge is 0.312 e. The Morgan fingerprint density at radius 2 is 2.00 bits per heavy atom. The number of hydrogen-bond donors (Lipinski definition) is 1. The normalized spacial score (nSPS) is 12.6. The number of aryl methyl sites for hydroxylation is 1. The lowest BCUT2D eigenvalue weighted by Gasteiger charge is -2.15. The molecule has 1 N–H and O–H groups in total. The molecule has 2 rings (SSSR count). The van der Waals surface area contributed by atoms with Gasteiger partial charge in [-0.2, -0.15) is 0 Å². The molecule has 3 heteroatoms. The summed E-state index contributed by atoms with van der Waals surface area (Å²) in [5.41, 5.74) is 0.767. The van der Waals surface area contributed by atoms with E-state index >= 15 is 0 Å². The number of benzene rings is 1. The number of thiophene rings is 1. The summed E-state index contributed by atoms with van der Waals surface area (Å²) in [7, 11) is 1.93. The van der Waals surface area contributed by atoms with E-state index in [9.17, 15) is 4.39 Å².